The standard InChI is InChI=1S/C52H73ClN8O12/c1-12-31(6)46(39(72-10)28-44(68)60-24-16-19-36(60)47(73-11)32(7)37(62)26-34(49(70)71)25-33-17-14-13-15-18-33)59(9)48(69)35(29(2)3)27-38(63)45(30(4)5)58(8)41(65)21-20-40(64)54-51-55-50(53)56-52(57-51)61-42(66)22-23-43(61)67/h13-15,17-18,22-23,29-32,34-36,39,45-47H,12,16,19-21,24-28H2,1-11H3,(H,70,71)(H,54,55,56,57,64)/t31-,32-,34+,35-,36-,39+,45-,46-,47+/m0/s1. The topological polar surface area (TPSA) is 256 Å². The van der Waals surface area contributed by atoms with Gasteiger partial charge in [0.05, 0.1) is 42.7 Å². The molecule has 3 heterocycles. The molecule has 1 aromatic heterocycles. The van der Waals surface area contributed by atoms with Crippen LogP contribution in [-0.2, 0) is 59.0 Å². The molecule has 9 atom stereocenters. The van der Waals surface area contributed by atoms with Crippen LogP contribution in [-0.4, -0.2) is 153 Å². The molecule has 0 bridgehead atoms. The normalized spacial score (nSPS) is 18.0. The summed E-state index contributed by atoms with van der Waals surface area (Å²) >= 11 is 5.98. The van der Waals surface area contributed by atoms with Crippen LogP contribution in [0.1, 0.15) is 105 Å². The molecule has 21 heteroatoms. The summed E-state index contributed by atoms with van der Waals surface area (Å²) in [6.07, 6.45) is 1.51. The number of aliphatic carboxylic acids is 1. The van der Waals surface area contributed by atoms with Gasteiger partial charge in [-0.2, -0.15) is 15.0 Å². The number of halogens is 1. The van der Waals surface area contributed by atoms with E-state index >= 15 is 0 Å². The van der Waals surface area contributed by atoms with E-state index in [0.29, 0.717) is 30.7 Å². The van der Waals surface area contributed by atoms with Crippen LogP contribution in [0.2, 0.25) is 5.28 Å². The Morgan fingerprint density at radius 3 is 2.04 bits per heavy atom. The molecule has 2 aliphatic rings. The van der Waals surface area contributed by atoms with Crippen molar-refractivity contribution in [2.24, 2.45) is 35.5 Å². The largest absolute Gasteiger partial charge is 0.481 e. The van der Waals surface area contributed by atoms with Crippen molar-refractivity contribution in [2.45, 2.75) is 137 Å². The summed E-state index contributed by atoms with van der Waals surface area (Å²) in [6.45, 7) is 13.3. The van der Waals surface area contributed by atoms with E-state index in [0.717, 1.165) is 17.7 Å². The third-order valence-electron chi connectivity index (χ3n) is 14.2. The van der Waals surface area contributed by atoms with E-state index in [1.807, 2.05) is 58.0 Å². The van der Waals surface area contributed by atoms with Crippen molar-refractivity contribution in [3.8, 4) is 0 Å². The van der Waals surface area contributed by atoms with E-state index in [1.165, 1.54) is 26.2 Å². The summed E-state index contributed by atoms with van der Waals surface area (Å²) in [7, 11) is 6.10. The lowest BCUT2D eigenvalue weighted by Gasteiger charge is -2.41. The lowest BCUT2D eigenvalue weighted by atomic mass is 9.83. The summed E-state index contributed by atoms with van der Waals surface area (Å²) in [5, 5.41) is 12.0. The number of carbonyl (C=O) groups excluding carboxylic acids is 8. The van der Waals surface area contributed by atoms with E-state index in [1.54, 1.807) is 37.6 Å². The maximum atomic E-state index is 14.7. The van der Waals surface area contributed by atoms with E-state index in [2.05, 4.69) is 20.3 Å². The molecule has 6 amide bonds. The summed E-state index contributed by atoms with van der Waals surface area (Å²) in [5.41, 5.74) is 0.811. The minimum Gasteiger partial charge on any atom is -0.481 e. The Bertz CT molecular complexity index is 2330. The van der Waals surface area contributed by atoms with Gasteiger partial charge in [-0.05, 0) is 54.2 Å². The van der Waals surface area contributed by atoms with Crippen molar-refractivity contribution in [3.63, 3.8) is 0 Å². The van der Waals surface area contributed by atoms with Gasteiger partial charge in [-0.15, -0.1) is 0 Å². The van der Waals surface area contributed by atoms with Gasteiger partial charge in [-0.1, -0.05) is 85.2 Å². The average molecular weight is 1040 g/mol. The molecule has 1 saturated heterocycles. The number of carboxylic acid groups (broad SMARTS) is 1. The van der Waals surface area contributed by atoms with Crippen LogP contribution < -0.4 is 10.2 Å². The Balaban J connectivity index is 1.43. The molecule has 2 aromatic rings. The highest BCUT2D eigenvalue weighted by Crippen LogP contribution is 2.32. The number of imide groups is 1. The number of carboxylic acids is 1. The van der Waals surface area contributed by atoms with Gasteiger partial charge in [0.25, 0.3) is 11.8 Å². The number of nitrogens with zero attached hydrogens (tertiary/aromatic N) is 7. The summed E-state index contributed by atoms with van der Waals surface area (Å²) in [5.74, 6) is -8.93. The minimum absolute atomic E-state index is 0.0924. The molecule has 0 radical (unpaired) electrons. The van der Waals surface area contributed by atoms with Crippen LogP contribution in [0, 0.1) is 35.5 Å². The fourth-order valence-electron chi connectivity index (χ4n) is 9.99. The number of likely N-dealkylation sites (N-methyl/N-ethyl adjacent to an activating group) is 2. The number of rotatable bonds is 28. The van der Waals surface area contributed by atoms with E-state index < -0.39 is 88.9 Å². The van der Waals surface area contributed by atoms with Crippen molar-refractivity contribution in [3.05, 3.63) is 53.3 Å². The Kier molecular flexibility index (Phi) is 22.3. The first-order valence-corrected chi connectivity index (χ1v) is 25.3. The first-order valence-electron chi connectivity index (χ1n) is 24.9. The maximum absolute atomic E-state index is 14.7. The monoisotopic (exact) mass is 1040 g/mol. The van der Waals surface area contributed by atoms with Crippen molar-refractivity contribution >= 4 is 76.5 Å². The van der Waals surface area contributed by atoms with E-state index in [9.17, 15) is 48.3 Å². The van der Waals surface area contributed by atoms with Gasteiger partial charge in [0, 0.05) is 84.5 Å². The lowest BCUT2D eigenvalue weighted by molar-refractivity contribution is -0.150. The quantitative estimate of drug-likeness (QED) is 0.104. The van der Waals surface area contributed by atoms with Crippen LogP contribution >= 0.6 is 11.6 Å². The predicted octanol–water partition coefficient (Wildman–Crippen LogP) is 5.21. The number of aromatic nitrogens is 3. The lowest BCUT2D eigenvalue weighted by Crippen LogP contribution is -2.54. The zero-order valence-electron chi connectivity index (χ0n) is 43.9. The van der Waals surface area contributed by atoms with Crippen LogP contribution in [0.4, 0.5) is 11.9 Å². The average Bonchev–Trinajstić information content (AvgIpc) is 3.97. The Hall–Kier alpha value is -5.99. The summed E-state index contributed by atoms with van der Waals surface area (Å²) in [6, 6.07) is 7.13. The third-order valence-corrected chi connectivity index (χ3v) is 14.4. The van der Waals surface area contributed by atoms with Gasteiger partial charge in [0.1, 0.15) is 5.78 Å². The molecule has 0 spiro atoms. The second-order valence-electron chi connectivity index (χ2n) is 19.8. The Morgan fingerprint density at radius 2 is 1.48 bits per heavy atom. The molecular weight excluding hydrogens is 964 g/mol. The molecule has 2 aliphatic heterocycles. The number of ether oxygens (including phenoxy) is 2. The smallest absolute Gasteiger partial charge is 0.307 e. The summed E-state index contributed by atoms with van der Waals surface area (Å²) in [4.78, 5) is 137. The number of nitrogens with one attached hydrogen (secondary N) is 1. The molecule has 1 aromatic carbocycles. The molecule has 4 rings (SSSR count). The van der Waals surface area contributed by atoms with Gasteiger partial charge in [-0.25, -0.2) is 4.90 Å². The molecule has 73 heavy (non-hydrogen) atoms. The second-order valence-corrected chi connectivity index (χ2v) is 20.2. The van der Waals surface area contributed by atoms with Crippen molar-refractivity contribution in [1.29, 1.82) is 0 Å². The number of Topliss-reactive ketones (excluding diaryl/α,β-unsaturated/α-hetero) is 2. The molecule has 1 fully saturated rings. The maximum Gasteiger partial charge on any atom is 0.307 e. The Labute approximate surface area is 433 Å². The number of likely N-dealkylation sites (tertiary alicyclic amines) is 1. The number of methoxy groups -OCH3 is 2. The van der Waals surface area contributed by atoms with Gasteiger partial charge < -0.3 is 29.3 Å². The number of hydrogen-bond donors (Lipinski definition) is 2. The van der Waals surface area contributed by atoms with Gasteiger partial charge in [-0.3, -0.25) is 48.5 Å². The minimum atomic E-state index is -1.07. The highest BCUT2D eigenvalue weighted by atomic mass is 35.5. The number of benzene rings is 1. The van der Waals surface area contributed by atoms with Gasteiger partial charge >= 0.3 is 5.97 Å². The molecule has 0 unspecified atom stereocenters. The third kappa shape index (κ3) is 15.5. The summed E-state index contributed by atoms with van der Waals surface area (Å²) < 4.78 is 12.0. The fourth-order valence-corrected chi connectivity index (χ4v) is 10.1. The van der Waals surface area contributed by atoms with Crippen LogP contribution in [0.25, 0.3) is 0 Å². The number of hydrogen-bond acceptors (Lipinski definition) is 14. The Morgan fingerprint density at radius 1 is 0.836 bits per heavy atom. The van der Waals surface area contributed by atoms with Crippen LogP contribution in [0.5, 0.6) is 0 Å². The molecule has 20 nitrogen and oxygen atoms in total. The number of carbonyl (C=O) groups is 9. The van der Waals surface area contributed by atoms with Crippen molar-refractivity contribution in [2.75, 3.05) is 45.1 Å². The van der Waals surface area contributed by atoms with Crippen molar-refractivity contribution < 1.29 is 57.7 Å². The first-order chi connectivity index (χ1) is 34.4. The fraction of sp³-hybridized carbons (Fsp3) is 0.615. The zero-order valence-corrected chi connectivity index (χ0v) is 44.7. The zero-order chi connectivity index (χ0) is 54.4. The highest BCUT2D eigenvalue weighted by molar-refractivity contribution is 6.29. The molecule has 2 N–H and O–H groups in total. The van der Waals surface area contributed by atoms with Crippen LogP contribution in [0.15, 0.2) is 42.5 Å². The number of ketones is 2. The molecular formula is C52H73ClN8O12. The first kappa shape index (κ1) is 59.6. The van der Waals surface area contributed by atoms with E-state index in [-0.39, 0.29) is 85.6 Å². The van der Waals surface area contributed by atoms with E-state index in [4.69, 9.17) is 21.1 Å². The predicted molar refractivity (Wildman–Crippen MR) is 271 cm³/mol. The molecule has 0 saturated carbocycles. The van der Waals surface area contributed by atoms with Gasteiger partial charge in [0.2, 0.25) is 40.8 Å². The SMILES string of the molecule is CC[C@H](C)[C@@H]([C@@H](CC(=O)N1CCC[C@H]1[C@H](OC)[C@@H](C)C(=O)C[C@@H](Cc1ccccc1)C(=O)O)OC)N(C)C(=O)[C@@H](CC(=O)[C@H](C(C)C)N(C)C(=O)CCC(=O)Nc1nc(Cl)nc(N2C(=O)C=CC2=O)n1)C(C)C. The van der Waals surface area contributed by atoms with Crippen molar-refractivity contribution in [1.82, 2.24) is 29.7 Å². The second kappa shape index (κ2) is 27.3. The number of amides is 6. The number of anilines is 2. The van der Waals surface area contributed by atoms with Gasteiger partial charge in [0.15, 0.2) is 5.78 Å². The van der Waals surface area contributed by atoms with Crippen LogP contribution in [0.3, 0.4) is 0 Å². The molecule has 400 valence electrons. The molecule has 0 aliphatic carbocycles. The highest BCUT2D eigenvalue weighted by Gasteiger charge is 2.44.